The minimum atomic E-state index is -0.0913. The van der Waals surface area contributed by atoms with Crippen LogP contribution in [0.1, 0.15) is 132 Å². The number of carbonyl (C=O) groups is 3. The molecule has 0 saturated carbocycles. The first-order valence-electron chi connectivity index (χ1n) is 16.8. The number of hydrogen-bond donors (Lipinski definition) is 1. The number of nitrogens with zero attached hydrogens (tertiary/aromatic N) is 4. The zero-order valence-corrected chi connectivity index (χ0v) is 31.4. The lowest BCUT2D eigenvalue weighted by Gasteiger charge is -2.06. The molecular formula is C38H62N4O4. The lowest BCUT2D eigenvalue weighted by Crippen LogP contribution is -2.13. The van der Waals surface area contributed by atoms with Gasteiger partial charge in [0.15, 0.2) is 17.4 Å². The van der Waals surface area contributed by atoms with Gasteiger partial charge in [0.05, 0.1) is 11.4 Å². The molecule has 258 valence electrons. The van der Waals surface area contributed by atoms with E-state index in [0.717, 1.165) is 36.2 Å². The Morgan fingerprint density at radius 1 is 0.630 bits per heavy atom. The molecule has 0 aliphatic rings. The third-order valence-electron chi connectivity index (χ3n) is 7.39. The first-order chi connectivity index (χ1) is 21.2. The number of rotatable bonds is 12. The maximum absolute atomic E-state index is 11.9. The van der Waals surface area contributed by atoms with E-state index in [9.17, 15) is 19.5 Å². The highest BCUT2D eigenvalue weighted by atomic mass is 16.3. The molecule has 8 heteroatoms. The second-order valence-corrected chi connectivity index (χ2v) is 14.8. The summed E-state index contributed by atoms with van der Waals surface area (Å²) in [4.78, 5) is 39.9. The van der Waals surface area contributed by atoms with Crippen molar-refractivity contribution in [2.75, 3.05) is 0 Å². The predicted molar refractivity (Wildman–Crippen MR) is 189 cm³/mol. The molecule has 0 fully saturated rings. The molecular weight excluding hydrogens is 576 g/mol. The summed E-state index contributed by atoms with van der Waals surface area (Å²) >= 11 is 0. The summed E-state index contributed by atoms with van der Waals surface area (Å²) in [7, 11) is 5.63. The molecule has 0 unspecified atom stereocenters. The molecule has 3 aromatic heterocycles. The fourth-order valence-electron chi connectivity index (χ4n) is 5.12. The molecule has 0 aromatic carbocycles. The van der Waals surface area contributed by atoms with Gasteiger partial charge in [0.2, 0.25) is 5.78 Å². The van der Waals surface area contributed by atoms with E-state index in [1.807, 2.05) is 83.2 Å². The van der Waals surface area contributed by atoms with E-state index >= 15 is 0 Å². The molecule has 0 aliphatic carbocycles. The second-order valence-electron chi connectivity index (χ2n) is 14.8. The Hall–Kier alpha value is -3.42. The van der Waals surface area contributed by atoms with Crippen LogP contribution in [0.2, 0.25) is 0 Å². The summed E-state index contributed by atoms with van der Waals surface area (Å²) in [6.07, 6.45) is 8.64. The standard InChI is InChI=1S/C13H21NO2.C13H21NO.C12H20N2O/c1-8(2)6-10-7-14(5)11(13(10)16)12(15)9(3)4;1-9(2)6-11-7-12(14(5)8-11)13(15)10(3)4;1-8(2)6-10-7-14(5)12(13-10)11(15)9(3)4/h7-9,16H,6H2,1-5H3;7-10H,6H2,1-5H3;7-9H,6H2,1-5H3. The Morgan fingerprint density at radius 2 is 1.13 bits per heavy atom. The van der Waals surface area contributed by atoms with E-state index in [1.165, 1.54) is 5.56 Å². The highest BCUT2D eigenvalue weighted by molar-refractivity contribution is 5.99. The molecule has 0 amide bonds. The first-order valence-corrected chi connectivity index (χ1v) is 16.8. The third-order valence-corrected chi connectivity index (χ3v) is 7.39. The lowest BCUT2D eigenvalue weighted by atomic mass is 10.0. The minimum absolute atomic E-state index is 0.00462. The molecule has 3 heterocycles. The van der Waals surface area contributed by atoms with E-state index in [0.29, 0.717) is 29.3 Å². The van der Waals surface area contributed by atoms with Crippen molar-refractivity contribution < 1.29 is 19.5 Å². The van der Waals surface area contributed by atoms with Gasteiger partial charge in [-0.25, -0.2) is 4.98 Å². The van der Waals surface area contributed by atoms with Crippen molar-refractivity contribution in [2.24, 2.45) is 56.7 Å². The van der Waals surface area contributed by atoms with Crippen molar-refractivity contribution in [3.63, 3.8) is 0 Å². The van der Waals surface area contributed by atoms with Crippen LogP contribution in [-0.2, 0) is 40.4 Å². The minimum Gasteiger partial charge on any atom is -0.505 e. The molecule has 0 aliphatic heterocycles. The molecule has 3 rings (SSSR count). The van der Waals surface area contributed by atoms with E-state index in [4.69, 9.17) is 0 Å². The Kier molecular flexibility index (Phi) is 15.9. The van der Waals surface area contributed by atoms with Crippen molar-refractivity contribution in [3.05, 3.63) is 58.7 Å². The zero-order chi connectivity index (χ0) is 35.6. The van der Waals surface area contributed by atoms with Crippen molar-refractivity contribution in [1.82, 2.24) is 18.7 Å². The van der Waals surface area contributed by atoms with Crippen LogP contribution in [-0.4, -0.2) is 41.1 Å². The van der Waals surface area contributed by atoms with Gasteiger partial charge in [-0.3, -0.25) is 14.4 Å². The van der Waals surface area contributed by atoms with E-state index in [1.54, 1.807) is 11.6 Å². The molecule has 0 atom stereocenters. The predicted octanol–water partition coefficient (Wildman–Crippen LogP) is 8.29. The molecule has 46 heavy (non-hydrogen) atoms. The van der Waals surface area contributed by atoms with Gasteiger partial charge in [0, 0.05) is 63.1 Å². The number of aromatic hydroxyl groups is 1. The average Bonchev–Trinajstić information content (AvgIpc) is 3.55. The fourth-order valence-corrected chi connectivity index (χ4v) is 5.12. The van der Waals surface area contributed by atoms with Gasteiger partial charge in [-0.1, -0.05) is 83.1 Å². The van der Waals surface area contributed by atoms with Gasteiger partial charge in [-0.2, -0.15) is 0 Å². The van der Waals surface area contributed by atoms with Crippen LogP contribution < -0.4 is 0 Å². The number of carbonyl (C=O) groups excluding carboxylic acids is 3. The fraction of sp³-hybridized carbons (Fsp3) is 0.632. The Morgan fingerprint density at radius 3 is 1.59 bits per heavy atom. The molecule has 0 bridgehead atoms. The Labute approximate surface area is 278 Å². The first kappa shape index (κ1) is 40.6. The van der Waals surface area contributed by atoms with Gasteiger partial charge >= 0.3 is 0 Å². The van der Waals surface area contributed by atoms with E-state index < -0.39 is 0 Å². The highest BCUT2D eigenvalue weighted by Gasteiger charge is 2.22. The van der Waals surface area contributed by atoms with Crippen molar-refractivity contribution in [1.29, 1.82) is 0 Å². The molecule has 1 N–H and O–H groups in total. The van der Waals surface area contributed by atoms with Gasteiger partial charge in [-0.15, -0.1) is 0 Å². The van der Waals surface area contributed by atoms with Crippen molar-refractivity contribution >= 4 is 17.3 Å². The van der Waals surface area contributed by atoms with E-state index in [-0.39, 0.29) is 40.9 Å². The van der Waals surface area contributed by atoms with Crippen LogP contribution in [0.25, 0.3) is 0 Å². The van der Waals surface area contributed by atoms with Crippen LogP contribution in [0.15, 0.2) is 24.7 Å². The summed E-state index contributed by atoms with van der Waals surface area (Å²) in [5, 5.41) is 10.0. The zero-order valence-electron chi connectivity index (χ0n) is 31.4. The topological polar surface area (TPSA) is 99.1 Å². The number of hydrogen-bond acceptors (Lipinski definition) is 5. The summed E-state index contributed by atoms with van der Waals surface area (Å²) in [5.41, 5.74) is 4.40. The van der Waals surface area contributed by atoms with Gasteiger partial charge in [0.25, 0.3) is 0 Å². The van der Waals surface area contributed by atoms with Crippen LogP contribution in [0.4, 0.5) is 0 Å². The smallest absolute Gasteiger partial charge is 0.200 e. The van der Waals surface area contributed by atoms with Crippen molar-refractivity contribution in [2.45, 2.75) is 102 Å². The molecule has 0 spiro atoms. The normalized spacial score (nSPS) is 11.4. The number of Topliss-reactive ketones (excluding diaryl/α,β-unsaturated/α-hetero) is 3. The Bertz CT molecular complexity index is 1360. The average molecular weight is 639 g/mol. The summed E-state index contributed by atoms with van der Waals surface area (Å²) in [5.74, 6) is 2.76. The molecule has 8 nitrogen and oxygen atoms in total. The van der Waals surface area contributed by atoms with Gasteiger partial charge < -0.3 is 18.8 Å². The highest BCUT2D eigenvalue weighted by Crippen LogP contribution is 2.28. The number of imidazole rings is 1. The third kappa shape index (κ3) is 12.1. The number of aromatic nitrogens is 4. The van der Waals surface area contributed by atoms with Gasteiger partial charge in [0.1, 0.15) is 11.4 Å². The van der Waals surface area contributed by atoms with Crippen LogP contribution in [0.5, 0.6) is 5.75 Å². The number of ketones is 3. The number of aryl methyl sites for hydroxylation is 3. The van der Waals surface area contributed by atoms with Crippen LogP contribution >= 0.6 is 0 Å². The van der Waals surface area contributed by atoms with Gasteiger partial charge in [-0.05, 0) is 48.6 Å². The largest absolute Gasteiger partial charge is 0.505 e. The summed E-state index contributed by atoms with van der Waals surface area (Å²) in [6.45, 7) is 24.2. The molecule has 3 aromatic rings. The van der Waals surface area contributed by atoms with E-state index in [2.05, 4.69) is 52.7 Å². The van der Waals surface area contributed by atoms with Crippen LogP contribution in [0, 0.1) is 35.5 Å². The quantitative estimate of drug-likeness (QED) is 0.201. The molecule has 0 radical (unpaired) electrons. The summed E-state index contributed by atoms with van der Waals surface area (Å²) < 4.78 is 5.51. The summed E-state index contributed by atoms with van der Waals surface area (Å²) in [6, 6.07) is 2.03. The lowest BCUT2D eigenvalue weighted by molar-refractivity contribution is 0.0919. The molecule has 0 saturated heterocycles. The maximum Gasteiger partial charge on any atom is 0.200 e. The van der Waals surface area contributed by atoms with Crippen LogP contribution in [0.3, 0.4) is 0 Å². The SMILES string of the molecule is CC(C)Cc1cc(C(=O)C(C)C)n(C)c1.CC(C)Cc1cn(C)c(C(=O)C(C)C)c1O.CC(C)Cc1cn(C)c(C(=O)C(C)C)n1. The second kappa shape index (κ2) is 18.1. The van der Waals surface area contributed by atoms with Crippen molar-refractivity contribution in [3.8, 4) is 5.75 Å². The Balaban J connectivity index is 0.000000345. The monoisotopic (exact) mass is 638 g/mol. The maximum atomic E-state index is 11.9.